The van der Waals surface area contributed by atoms with Crippen LogP contribution in [0, 0.1) is 11.3 Å². The number of piperidine rings is 1. The van der Waals surface area contributed by atoms with Crippen molar-refractivity contribution >= 4 is 40.2 Å². The van der Waals surface area contributed by atoms with Gasteiger partial charge in [0.05, 0.1) is 51.9 Å². The molecule has 1 amide bonds. The van der Waals surface area contributed by atoms with Gasteiger partial charge in [-0.3, -0.25) is 19.4 Å². The number of carbonyl (C=O) groups is 2. The van der Waals surface area contributed by atoms with E-state index in [1.54, 1.807) is 40.2 Å². The molecular weight excluding hydrogens is 1070 g/mol. The van der Waals surface area contributed by atoms with Crippen LogP contribution in [-0.2, 0) is 36.3 Å². The normalized spacial score (nSPS) is 29.8. The number of fused-ring (bicyclic) bond motifs is 6. The van der Waals surface area contributed by atoms with Crippen LogP contribution in [0.3, 0.4) is 0 Å². The molecule has 2 bridgehead atoms. The third-order valence-electron chi connectivity index (χ3n) is 20.4. The smallest absolute Gasteiger partial charge is 0.322 e. The highest BCUT2D eigenvalue weighted by molar-refractivity contribution is 8.00. The number of para-hydroxylation sites is 1. The van der Waals surface area contributed by atoms with E-state index in [2.05, 4.69) is 86.8 Å². The molecule has 5 aromatic carbocycles. The average molecular weight is 1150 g/mol. The van der Waals surface area contributed by atoms with Gasteiger partial charge in [-0.25, -0.2) is 0 Å². The van der Waals surface area contributed by atoms with Gasteiger partial charge < -0.3 is 54.2 Å². The van der Waals surface area contributed by atoms with E-state index in [9.17, 15) is 15.3 Å². The second-order valence-corrected chi connectivity index (χ2v) is 25.4. The summed E-state index contributed by atoms with van der Waals surface area (Å²) in [5.74, 6) is 1.77. The van der Waals surface area contributed by atoms with Crippen LogP contribution in [0.25, 0.3) is 10.9 Å². The maximum absolute atomic E-state index is 15.9. The monoisotopic (exact) mass is 1150 g/mol. The number of rotatable bonds is 16. The van der Waals surface area contributed by atoms with Crippen molar-refractivity contribution in [3.05, 3.63) is 160 Å². The van der Waals surface area contributed by atoms with Crippen LogP contribution < -0.4 is 29.2 Å². The lowest BCUT2D eigenvalue weighted by molar-refractivity contribution is -0.203. The quantitative estimate of drug-likeness (QED) is 0.0272. The van der Waals surface area contributed by atoms with E-state index < -0.39 is 56.2 Å². The lowest BCUT2D eigenvalue weighted by atomic mass is 9.47. The van der Waals surface area contributed by atoms with E-state index in [1.807, 2.05) is 80.4 Å². The maximum Gasteiger partial charge on any atom is 0.322 e. The molecule has 15 nitrogen and oxygen atoms in total. The summed E-state index contributed by atoms with van der Waals surface area (Å²) in [4.78, 5) is 42.2. The first-order chi connectivity index (χ1) is 40.1. The number of nitrogens with one attached hydrogen (secondary N) is 2. The van der Waals surface area contributed by atoms with E-state index in [4.69, 9.17) is 23.7 Å². The largest absolute Gasteiger partial charge is 0.497 e. The number of aromatic nitrogens is 1. The zero-order valence-electron chi connectivity index (χ0n) is 49.0. The molecule has 1 aromatic heterocycles. The van der Waals surface area contributed by atoms with Gasteiger partial charge in [-0.05, 0) is 127 Å². The van der Waals surface area contributed by atoms with Crippen molar-refractivity contribution in [3.8, 4) is 23.0 Å². The fourth-order valence-electron chi connectivity index (χ4n) is 16.8. The minimum absolute atomic E-state index is 0.125. The van der Waals surface area contributed by atoms with E-state index in [1.165, 1.54) is 7.11 Å². The van der Waals surface area contributed by atoms with Gasteiger partial charge >= 0.3 is 5.97 Å². The number of likely N-dealkylation sites (N-methyl/N-ethyl adjacent to an activating group) is 1. The topological polar surface area (TPSA) is 179 Å². The van der Waals surface area contributed by atoms with E-state index in [-0.39, 0.29) is 18.5 Å². The summed E-state index contributed by atoms with van der Waals surface area (Å²) in [6, 6.07) is 35.1. The highest BCUT2D eigenvalue weighted by Gasteiger charge is 2.78. The Bertz CT molecular complexity index is 3330. The molecule has 6 aliphatic rings. The van der Waals surface area contributed by atoms with Crippen molar-refractivity contribution in [1.82, 2.24) is 20.1 Å². The van der Waals surface area contributed by atoms with Crippen LogP contribution in [0.1, 0.15) is 85.0 Å². The standard InChI is InChI=1S/C67H79N5O10S/c1-9-62(76)38-42-39-65(61(75)82-8,56-50(28-33-71(40-42)41-62)49-14-11-12-15-53(49)69-56)52-36-51-54(37-55(52)81-7)70(3)58-64(51)30-34-72-32-13-29-63(10-2,57(64)72)59(73)66(58,77)60(74)68-31-35-83-67(43-16-22-46(78-4)23-17-43,44-18-24-47(79-5)25-19-44)45-20-26-48(80-6)27-21-45/h11-27,29,36-37,42,57-59,69,73,76-77H,9-10,28,30-35,38-41H2,1-8H3,(H,68,74)/t42-,57+,58-,59-,62+,63-,64-,65+,66+/m1/s1. The predicted molar refractivity (Wildman–Crippen MR) is 323 cm³/mol. The molecule has 1 spiro atoms. The molecule has 83 heavy (non-hydrogen) atoms. The highest BCUT2D eigenvalue weighted by atomic mass is 32.2. The minimum atomic E-state index is -2.37. The number of aliphatic hydroxyl groups excluding tert-OH is 1. The average Bonchev–Trinajstić information content (AvgIpc) is 1.54. The van der Waals surface area contributed by atoms with Crippen molar-refractivity contribution < 1.29 is 48.6 Å². The number of esters is 1. The Morgan fingerprint density at radius 2 is 1.42 bits per heavy atom. The first-order valence-corrected chi connectivity index (χ1v) is 30.3. The van der Waals surface area contributed by atoms with Gasteiger partial charge in [0.15, 0.2) is 5.60 Å². The van der Waals surface area contributed by atoms with Crippen LogP contribution in [0.15, 0.2) is 121 Å². The Hall–Kier alpha value is -6.53. The molecule has 3 fully saturated rings. The van der Waals surface area contributed by atoms with Gasteiger partial charge in [0.25, 0.3) is 5.91 Å². The van der Waals surface area contributed by atoms with Crippen molar-refractivity contribution in [2.24, 2.45) is 11.3 Å². The number of benzene rings is 5. The number of hydrogen-bond acceptors (Lipinski definition) is 14. The number of ether oxygens (including phenoxy) is 5. The highest BCUT2D eigenvalue weighted by Crippen LogP contribution is 2.68. The molecule has 5 N–H and O–H groups in total. The Kier molecular flexibility index (Phi) is 14.8. The summed E-state index contributed by atoms with van der Waals surface area (Å²) in [7, 11) is 9.93. The van der Waals surface area contributed by atoms with E-state index in [0.717, 1.165) is 50.1 Å². The summed E-state index contributed by atoms with van der Waals surface area (Å²) in [5.41, 5.74) is 1.06. The zero-order valence-corrected chi connectivity index (χ0v) is 49.8. The molecule has 6 aromatic rings. The number of aliphatic hydroxyl groups is 3. The second kappa shape index (κ2) is 21.5. The van der Waals surface area contributed by atoms with Crippen LogP contribution in [0.5, 0.6) is 23.0 Å². The fourth-order valence-corrected chi connectivity index (χ4v) is 18.2. The molecule has 0 radical (unpaired) electrons. The summed E-state index contributed by atoms with van der Waals surface area (Å²) in [6.07, 6.45) is 5.64. The summed E-state index contributed by atoms with van der Waals surface area (Å²) in [5, 5.41) is 43.9. The number of hydrogen-bond donors (Lipinski definition) is 5. The molecular formula is C67H79N5O10S. The molecule has 5 aliphatic heterocycles. The molecule has 1 unspecified atom stereocenters. The Morgan fingerprint density at radius 1 is 0.783 bits per heavy atom. The number of amides is 1. The van der Waals surface area contributed by atoms with Crippen LogP contribution in [-0.4, -0.2) is 159 Å². The molecule has 1 aliphatic carbocycles. The van der Waals surface area contributed by atoms with Crippen molar-refractivity contribution in [1.29, 1.82) is 0 Å². The Labute approximate surface area is 491 Å². The van der Waals surface area contributed by atoms with Crippen molar-refractivity contribution in [2.45, 2.75) is 97.3 Å². The summed E-state index contributed by atoms with van der Waals surface area (Å²) >= 11 is 1.65. The van der Waals surface area contributed by atoms with Gasteiger partial charge in [-0.2, -0.15) is 0 Å². The van der Waals surface area contributed by atoms with E-state index in [0.29, 0.717) is 106 Å². The van der Waals surface area contributed by atoms with Crippen LogP contribution in [0.2, 0.25) is 0 Å². The van der Waals surface area contributed by atoms with Gasteiger partial charge in [0.2, 0.25) is 0 Å². The SMILES string of the molecule is CC[C@]1(O)C[C@H]2CN(CCc3c([nH]c4ccccc34)[C@@](C(=O)OC)(c3cc4c(cc3OC)N(C)[C@H]3[C@@](O)(C(=O)NCCSC(c5ccc(OC)cc5)(c5ccc(OC)cc5)c5ccc(OC)cc5)[C@H](O)[C@]5(CC)C=CCN6CC[C@]43[C@@H]65)C2)C1. The molecule has 16 heteroatoms. The number of H-pyrrole nitrogens is 1. The molecule has 12 rings (SSSR count). The number of nitrogens with zero attached hydrogens (tertiary/aromatic N) is 3. The zero-order chi connectivity index (χ0) is 58.3. The molecule has 2 saturated heterocycles. The second-order valence-electron chi connectivity index (χ2n) is 24.1. The van der Waals surface area contributed by atoms with E-state index >= 15 is 9.59 Å². The lowest BCUT2D eigenvalue weighted by Gasteiger charge is -2.63. The van der Waals surface area contributed by atoms with Gasteiger partial charge in [-0.15, -0.1) is 11.8 Å². The first kappa shape index (κ1) is 56.9. The first-order valence-electron chi connectivity index (χ1n) is 29.4. The lowest BCUT2D eigenvalue weighted by Crippen LogP contribution is -2.81. The van der Waals surface area contributed by atoms with Crippen LogP contribution >= 0.6 is 11.8 Å². The summed E-state index contributed by atoms with van der Waals surface area (Å²) < 4.78 is 28.7. The number of aromatic amines is 1. The van der Waals surface area contributed by atoms with Gasteiger partial charge in [0.1, 0.15) is 34.5 Å². The third-order valence-corrected chi connectivity index (χ3v) is 21.9. The number of carbonyl (C=O) groups excluding carboxylic acids is 2. The molecule has 438 valence electrons. The fraction of sp³-hybridized carbons (Fsp3) is 0.463. The number of methoxy groups -OCH3 is 5. The molecule has 10 atom stereocenters. The summed E-state index contributed by atoms with van der Waals surface area (Å²) in [6.45, 7) is 7.44. The Balaban J connectivity index is 0.979. The third kappa shape index (κ3) is 8.46. The number of anilines is 1. The molecule has 6 heterocycles. The maximum atomic E-state index is 15.9. The minimum Gasteiger partial charge on any atom is -0.497 e. The van der Waals surface area contributed by atoms with Gasteiger partial charge in [-0.1, -0.05) is 80.6 Å². The van der Waals surface area contributed by atoms with Crippen LogP contribution in [0.4, 0.5) is 5.69 Å². The predicted octanol–water partition coefficient (Wildman–Crippen LogP) is 8.11. The van der Waals surface area contributed by atoms with Crippen molar-refractivity contribution in [3.63, 3.8) is 0 Å². The van der Waals surface area contributed by atoms with Crippen molar-refractivity contribution in [2.75, 3.05) is 92.5 Å². The Morgan fingerprint density at radius 3 is 2.01 bits per heavy atom. The number of thioether (sulfide) groups is 1. The molecule has 1 saturated carbocycles. The van der Waals surface area contributed by atoms with Gasteiger partial charge in [0, 0.05) is 96.3 Å².